The minimum absolute atomic E-state index is 0.0401. The molecule has 0 fully saturated rings. The van der Waals surface area contributed by atoms with Crippen molar-refractivity contribution in [2.75, 3.05) is 5.73 Å². The smallest absolute Gasteiger partial charge is 0.284 e. The molecule has 0 saturated heterocycles. The normalized spacial score (nSPS) is 11.0. The predicted octanol–water partition coefficient (Wildman–Crippen LogP) is 2.56. The fourth-order valence-corrected chi connectivity index (χ4v) is 3.37. The van der Waals surface area contributed by atoms with Gasteiger partial charge in [-0.05, 0) is 6.07 Å². The summed E-state index contributed by atoms with van der Waals surface area (Å²) < 4.78 is 15.9. The number of nitriles is 1. The molecule has 0 spiro atoms. The molecule has 3 heterocycles. The molecule has 3 aromatic heterocycles. The number of rotatable bonds is 1. The van der Waals surface area contributed by atoms with Crippen LogP contribution in [0.3, 0.4) is 0 Å². The standard InChI is InChI=1S/C16H8FN5OS/c17-10-4-2-1-3-8(10)11-9(7-18)13(19)20-14-12(11)15(23)21-16-22(14)5-6-24-16/h1-6H,(H2,19,20). The molecular formula is C16H8FN5OS. The maximum atomic E-state index is 14.3. The molecular weight excluding hydrogens is 329 g/mol. The van der Waals surface area contributed by atoms with Crippen LogP contribution in [-0.4, -0.2) is 14.4 Å². The Morgan fingerprint density at radius 1 is 1.29 bits per heavy atom. The second-order valence-corrected chi connectivity index (χ2v) is 5.88. The second kappa shape index (κ2) is 5.11. The van der Waals surface area contributed by atoms with Crippen LogP contribution < -0.4 is 11.3 Å². The number of hydrogen-bond donors (Lipinski definition) is 1. The SMILES string of the molecule is N#Cc1c(N)nc2c(c1-c1ccccc1F)c(=O)nc1sccn12. The van der Waals surface area contributed by atoms with Crippen LogP contribution in [0.4, 0.5) is 10.2 Å². The lowest BCUT2D eigenvalue weighted by atomic mass is 9.97. The van der Waals surface area contributed by atoms with Gasteiger partial charge in [-0.2, -0.15) is 10.2 Å². The van der Waals surface area contributed by atoms with Gasteiger partial charge in [0.25, 0.3) is 5.56 Å². The lowest BCUT2D eigenvalue weighted by Crippen LogP contribution is -2.14. The monoisotopic (exact) mass is 337 g/mol. The highest BCUT2D eigenvalue weighted by atomic mass is 32.1. The predicted molar refractivity (Wildman–Crippen MR) is 89.2 cm³/mol. The van der Waals surface area contributed by atoms with Crippen LogP contribution in [0.25, 0.3) is 27.1 Å². The van der Waals surface area contributed by atoms with Crippen LogP contribution in [0, 0.1) is 17.1 Å². The van der Waals surface area contributed by atoms with Crippen molar-refractivity contribution in [3.8, 4) is 17.2 Å². The Bertz CT molecular complexity index is 1220. The van der Waals surface area contributed by atoms with Gasteiger partial charge in [0.15, 0.2) is 10.6 Å². The van der Waals surface area contributed by atoms with Crippen molar-refractivity contribution >= 4 is 33.1 Å². The maximum absolute atomic E-state index is 14.3. The molecule has 6 nitrogen and oxygen atoms in total. The minimum atomic E-state index is -0.574. The molecule has 4 rings (SSSR count). The molecule has 0 aliphatic carbocycles. The quantitative estimate of drug-likeness (QED) is 0.576. The molecule has 0 radical (unpaired) electrons. The molecule has 0 amide bonds. The first-order valence-electron chi connectivity index (χ1n) is 6.86. The number of nitrogens with two attached hydrogens (primary N) is 1. The number of hydrogen-bond acceptors (Lipinski definition) is 6. The van der Waals surface area contributed by atoms with Gasteiger partial charge in [0.1, 0.15) is 23.3 Å². The number of nitrogen functional groups attached to an aromatic ring is 1. The topological polar surface area (TPSA) is 97.1 Å². The average molecular weight is 337 g/mol. The summed E-state index contributed by atoms with van der Waals surface area (Å²) in [4.78, 5) is 21.2. The van der Waals surface area contributed by atoms with Crippen LogP contribution in [0.5, 0.6) is 0 Å². The first kappa shape index (κ1) is 14.3. The number of fused-ring (bicyclic) bond motifs is 3. The Morgan fingerprint density at radius 2 is 2.08 bits per heavy atom. The highest BCUT2D eigenvalue weighted by molar-refractivity contribution is 7.15. The highest BCUT2D eigenvalue weighted by Gasteiger charge is 2.22. The van der Waals surface area contributed by atoms with Crippen LogP contribution in [-0.2, 0) is 0 Å². The molecule has 1 aromatic carbocycles. The van der Waals surface area contributed by atoms with Gasteiger partial charge in [-0.25, -0.2) is 9.37 Å². The molecule has 4 aromatic rings. The van der Waals surface area contributed by atoms with Gasteiger partial charge >= 0.3 is 0 Å². The maximum Gasteiger partial charge on any atom is 0.284 e. The lowest BCUT2D eigenvalue weighted by Gasteiger charge is -2.11. The van der Waals surface area contributed by atoms with Gasteiger partial charge in [0.05, 0.1) is 5.39 Å². The van der Waals surface area contributed by atoms with Crippen molar-refractivity contribution < 1.29 is 4.39 Å². The van der Waals surface area contributed by atoms with Crippen molar-refractivity contribution in [3.05, 3.63) is 57.6 Å². The molecule has 24 heavy (non-hydrogen) atoms. The highest BCUT2D eigenvalue weighted by Crippen LogP contribution is 2.33. The molecule has 2 N–H and O–H groups in total. The van der Waals surface area contributed by atoms with Crippen molar-refractivity contribution in [1.82, 2.24) is 14.4 Å². The number of pyridine rings is 1. The summed E-state index contributed by atoms with van der Waals surface area (Å²) in [5, 5.41) is 11.3. The first-order chi connectivity index (χ1) is 11.6. The summed E-state index contributed by atoms with van der Waals surface area (Å²) in [7, 11) is 0. The Balaban J connectivity index is 2.33. The minimum Gasteiger partial charge on any atom is -0.383 e. The zero-order valence-corrected chi connectivity index (χ0v) is 12.8. The Labute approximate surface area is 138 Å². The first-order valence-corrected chi connectivity index (χ1v) is 7.74. The number of aromatic nitrogens is 3. The third-order valence-electron chi connectivity index (χ3n) is 3.69. The van der Waals surface area contributed by atoms with Crippen LogP contribution in [0.1, 0.15) is 5.56 Å². The van der Waals surface area contributed by atoms with E-state index in [1.54, 1.807) is 22.0 Å². The number of nitrogens with zero attached hydrogens (tertiary/aromatic N) is 4. The fourth-order valence-electron chi connectivity index (χ4n) is 2.67. The number of benzene rings is 1. The molecule has 0 aliphatic heterocycles. The summed E-state index contributed by atoms with van der Waals surface area (Å²) in [6, 6.07) is 7.82. The Hall–Kier alpha value is -3.31. The third-order valence-corrected chi connectivity index (χ3v) is 4.45. The molecule has 0 atom stereocenters. The van der Waals surface area contributed by atoms with Gasteiger partial charge in [-0.1, -0.05) is 18.2 Å². The molecule has 0 unspecified atom stereocenters. The molecule has 0 bridgehead atoms. The summed E-state index contributed by atoms with van der Waals surface area (Å²) in [5.41, 5.74) is 5.78. The zero-order chi connectivity index (χ0) is 16.8. The second-order valence-electron chi connectivity index (χ2n) is 5.01. The van der Waals surface area contributed by atoms with Crippen LogP contribution in [0.15, 0.2) is 40.6 Å². The largest absolute Gasteiger partial charge is 0.383 e. The van der Waals surface area contributed by atoms with Gasteiger partial charge in [0.2, 0.25) is 0 Å². The van der Waals surface area contributed by atoms with Crippen molar-refractivity contribution in [3.63, 3.8) is 0 Å². The molecule has 116 valence electrons. The molecule has 0 aliphatic rings. The van der Waals surface area contributed by atoms with E-state index in [4.69, 9.17) is 5.73 Å². The van der Waals surface area contributed by atoms with E-state index in [9.17, 15) is 14.4 Å². The van der Waals surface area contributed by atoms with E-state index in [1.807, 2.05) is 6.07 Å². The van der Waals surface area contributed by atoms with E-state index < -0.39 is 11.4 Å². The van der Waals surface area contributed by atoms with E-state index in [0.717, 1.165) is 0 Å². The molecule has 8 heteroatoms. The lowest BCUT2D eigenvalue weighted by molar-refractivity contribution is 0.631. The van der Waals surface area contributed by atoms with E-state index in [1.165, 1.54) is 29.5 Å². The van der Waals surface area contributed by atoms with Crippen molar-refractivity contribution in [2.24, 2.45) is 0 Å². The Morgan fingerprint density at radius 3 is 2.83 bits per heavy atom. The van der Waals surface area contributed by atoms with Gasteiger partial charge in [-0.3, -0.25) is 9.20 Å². The van der Waals surface area contributed by atoms with Gasteiger partial charge in [0, 0.05) is 22.7 Å². The number of thiazole rings is 1. The van der Waals surface area contributed by atoms with E-state index in [2.05, 4.69) is 9.97 Å². The fraction of sp³-hybridized carbons (Fsp3) is 0. The third kappa shape index (κ3) is 1.89. The summed E-state index contributed by atoms with van der Waals surface area (Å²) >= 11 is 1.27. The van der Waals surface area contributed by atoms with Crippen molar-refractivity contribution in [1.29, 1.82) is 5.26 Å². The summed E-state index contributed by atoms with van der Waals surface area (Å²) in [6.45, 7) is 0. The summed E-state index contributed by atoms with van der Waals surface area (Å²) in [6.07, 6.45) is 1.69. The van der Waals surface area contributed by atoms with Gasteiger partial charge in [-0.15, -0.1) is 11.3 Å². The van der Waals surface area contributed by atoms with E-state index in [0.29, 0.717) is 4.96 Å². The average Bonchev–Trinajstić information content (AvgIpc) is 3.03. The van der Waals surface area contributed by atoms with Gasteiger partial charge < -0.3 is 5.73 Å². The molecule has 0 saturated carbocycles. The number of halogens is 1. The number of anilines is 1. The van der Waals surface area contributed by atoms with Crippen molar-refractivity contribution in [2.45, 2.75) is 0 Å². The Kier molecular flexibility index (Phi) is 3.04. The van der Waals surface area contributed by atoms with E-state index in [-0.39, 0.29) is 33.5 Å². The van der Waals surface area contributed by atoms with Crippen LogP contribution >= 0.6 is 11.3 Å². The van der Waals surface area contributed by atoms with E-state index >= 15 is 0 Å². The van der Waals surface area contributed by atoms with Crippen LogP contribution in [0.2, 0.25) is 0 Å². The summed E-state index contributed by atoms with van der Waals surface area (Å²) in [5.74, 6) is -0.621. The zero-order valence-electron chi connectivity index (χ0n) is 12.0.